The lowest BCUT2D eigenvalue weighted by Crippen LogP contribution is -2.11. The number of nitrogens with one attached hydrogen (secondary N) is 2. The molecule has 1 aliphatic carbocycles. The zero-order valence-electron chi connectivity index (χ0n) is 12.9. The highest BCUT2D eigenvalue weighted by atomic mass is 32.1. The molecule has 0 bridgehead atoms. The lowest BCUT2D eigenvalue weighted by atomic mass is 10.1. The maximum atomic E-state index is 12.1. The van der Waals surface area contributed by atoms with Gasteiger partial charge in [-0.25, -0.2) is 4.98 Å². The van der Waals surface area contributed by atoms with Gasteiger partial charge >= 0.3 is 0 Å². The average molecular weight is 325 g/mol. The summed E-state index contributed by atoms with van der Waals surface area (Å²) in [5.41, 5.74) is 3.62. The largest absolute Gasteiger partial charge is 0.361 e. The second kappa shape index (κ2) is 6.16. The number of H-pyrrole nitrogens is 1. The van der Waals surface area contributed by atoms with Crippen LogP contribution in [0.2, 0.25) is 0 Å². The number of carbonyl (C=O) groups excluding carboxylic acids is 1. The van der Waals surface area contributed by atoms with Crippen LogP contribution in [0.5, 0.6) is 0 Å². The molecular weight excluding hydrogens is 306 g/mol. The van der Waals surface area contributed by atoms with Crippen LogP contribution in [0.1, 0.15) is 35.4 Å². The van der Waals surface area contributed by atoms with E-state index < -0.39 is 0 Å². The average Bonchev–Trinajstić information content (AvgIpc) is 3.22. The number of hydrogen-bond donors (Lipinski definition) is 2. The van der Waals surface area contributed by atoms with Crippen molar-refractivity contribution in [2.45, 2.75) is 38.5 Å². The van der Waals surface area contributed by atoms with E-state index in [1.54, 1.807) is 11.3 Å². The second-order valence-corrected chi connectivity index (χ2v) is 7.09. The number of thiazole rings is 1. The molecule has 2 aromatic heterocycles. The molecule has 1 amide bonds. The summed E-state index contributed by atoms with van der Waals surface area (Å²) in [6.45, 7) is 0. The van der Waals surface area contributed by atoms with Gasteiger partial charge in [-0.15, -0.1) is 11.3 Å². The van der Waals surface area contributed by atoms with Crippen molar-refractivity contribution in [2.24, 2.45) is 0 Å². The molecule has 0 spiro atoms. The van der Waals surface area contributed by atoms with Gasteiger partial charge in [0.25, 0.3) is 0 Å². The number of nitrogens with zero attached hydrogens (tertiary/aromatic N) is 1. The molecule has 0 saturated heterocycles. The summed E-state index contributed by atoms with van der Waals surface area (Å²) in [6, 6.07) is 8.28. The van der Waals surface area contributed by atoms with E-state index in [4.69, 9.17) is 0 Å². The van der Waals surface area contributed by atoms with Crippen molar-refractivity contribution >= 4 is 33.3 Å². The minimum Gasteiger partial charge on any atom is -0.361 e. The van der Waals surface area contributed by atoms with Crippen LogP contribution in [0, 0.1) is 0 Å². The maximum Gasteiger partial charge on any atom is 0.226 e. The van der Waals surface area contributed by atoms with Crippen LogP contribution in [-0.2, 0) is 24.1 Å². The van der Waals surface area contributed by atoms with E-state index in [-0.39, 0.29) is 5.91 Å². The van der Waals surface area contributed by atoms with Crippen molar-refractivity contribution in [1.82, 2.24) is 9.97 Å². The van der Waals surface area contributed by atoms with Gasteiger partial charge in [-0.3, -0.25) is 4.79 Å². The van der Waals surface area contributed by atoms with Gasteiger partial charge in [0, 0.05) is 28.4 Å². The summed E-state index contributed by atoms with van der Waals surface area (Å²) in [7, 11) is 0. The first kappa shape index (κ1) is 14.5. The molecule has 3 aromatic rings. The van der Waals surface area contributed by atoms with Gasteiger partial charge in [0.05, 0.1) is 5.69 Å². The van der Waals surface area contributed by atoms with Crippen LogP contribution in [0.3, 0.4) is 0 Å². The minimum absolute atomic E-state index is 0.0669. The molecule has 0 atom stereocenters. The van der Waals surface area contributed by atoms with Gasteiger partial charge in [-0.1, -0.05) is 18.2 Å². The Morgan fingerprint density at radius 2 is 2.22 bits per heavy atom. The summed E-state index contributed by atoms with van der Waals surface area (Å²) in [5.74, 6) is 0.0669. The molecule has 23 heavy (non-hydrogen) atoms. The van der Waals surface area contributed by atoms with Gasteiger partial charge in [0.15, 0.2) is 5.13 Å². The van der Waals surface area contributed by atoms with Crippen molar-refractivity contribution in [3.05, 3.63) is 46.6 Å². The van der Waals surface area contributed by atoms with Gasteiger partial charge in [0.2, 0.25) is 5.91 Å². The Labute approximate surface area is 138 Å². The van der Waals surface area contributed by atoms with E-state index in [0.717, 1.165) is 36.3 Å². The van der Waals surface area contributed by atoms with E-state index in [1.165, 1.54) is 27.9 Å². The Bertz CT molecular complexity index is 827. The zero-order chi connectivity index (χ0) is 15.6. The standard InChI is InChI=1S/C18H19N3OS/c22-17(21-18-20-15-8-4-9-16(15)23-18)10-3-5-12-11-19-14-7-2-1-6-13(12)14/h1-2,6-7,11,19H,3-5,8-10H2,(H,20,21,22). The number of para-hydroxylation sites is 1. The first-order valence-electron chi connectivity index (χ1n) is 8.13. The topological polar surface area (TPSA) is 57.8 Å². The van der Waals surface area contributed by atoms with E-state index >= 15 is 0 Å². The molecule has 2 N–H and O–H groups in total. The van der Waals surface area contributed by atoms with E-state index in [0.29, 0.717) is 6.42 Å². The predicted octanol–water partition coefficient (Wildman–Crippen LogP) is 4.07. The molecule has 0 fully saturated rings. The number of aromatic nitrogens is 2. The summed E-state index contributed by atoms with van der Waals surface area (Å²) < 4.78 is 0. The maximum absolute atomic E-state index is 12.1. The molecule has 4 rings (SSSR count). The number of rotatable bonds is 5. The van der Waals surface area contributed by atoms with Crippen LogP contribution >= 0.6 is 11.3 Å². The number of aryl methyl sites for hydroxylation is 3. The highest BCUT2D eigenvalue weighted by Gasteiger charge is 2.17. The first-order valence-corrected chi connectivity index (χ1v) is 8.94. The highest BCUT2D eigenvalue weighted by molar-refractivity contribution is 7.15. The fraction of sp³-hybridized carbons (Fsp3) is 0.333. The van der Waals surface area contributed by atoms with Gasteiger partial charge < -0.3 is 10.3 Å². The molecule has 0 radical (unpaired) electrons. The fourth-order valence-corrected chi connectivity index (χ4v) is 4.27. The highest BCUT2D eigenvalue weighted by Crippen LogP contribution is 2.30. The minimum atomic E-state index is 0.0669. The van der Waals surface area contributed by atoms with Crippen molar-refractivity contribution in [3.63, 3.8) is 0 Å². The quantitative estimate of drug-likeness (QED) is 0.743. The van der Waals surface area contributed by atoms with Crippen LogP contribution in [-0.4, -0.2) is 15.9 Å². The van der Waals surface area contributed by atoms with Gasteiger partial charge in [-0.05, 0) is 43.7 Å². The molecule has 5 heteroatoms. The van der Waals surface area contributed by atoms with Crippen LogP contribution in [0.25, 0.3) is 10.9 Å². The number of anilines is 1. The first-order chi connectivity index (χ1) is 11.3. The van der Waals surface area contributed by atoms with Crippen LogP contribution in [0.15, 0.2) is 30.5 Å². The molecule has 4 nitrogen and oxygen atoms in total. The van der Waals surface area contributed by atoms with E-state index in [2.05, 4.69) is 27.4 Å². The smallest absolute Gasteiger partial charge is 0.226 e. The molecule has 2 heterocycles. The Morgan fingerprint density at radius 1 is 1.30 bits per heavy atom. The number of benzene rings is 1. The number of amides is 1. The molecule has 118 valence electrons. The Morgan fingerprint density at radius 3 is 3.13 bits per heavy atom. The predicted molar refractivity (Wildman–Crippen MR) is 94.0 cm³/mol. The van der Waals surface area contributed by atoms with E-state index in [9.17, 15) is 4.79 Å². The third-order valence-electron chi connectivity index (χ3n) is 4.37. The lowest BCUT2D eigenvalue weighted by molar-refractivity contribution is -0.116. The van der Waals surface area contributed by atoms with Crippen molar-refractivity contribution < 1.29 is 4.79 Å². The summed E-state index contributed by atoms with van der Waals surface area (Å²) >= 11 is 1.64. The fourth-order valence-electron chi connectivity index (χ4n) is 3.20. The normalized spacial score (nSPS) is 13.4. The summed E-state index contributed by atoms with van der Waals surface area (Å²) in [6.07, 6.45) is 7.71. The molecule has 1 aliphatic rings. The molecule has 1 aromatic carbocycles. The van der Waals surface area contributed by atoms with E-state index in [1.807, 2.05) is 18.3 Å². The van der Waals surface area contributed by atoms with Crippen molar-refractivity contribution in [2.75, 3.05) is 5.32 Å². The third kappa shape index (κ3) is 3.01. The van der Waals surface area contributed by atoms with Crippen molar-refractivity contribution in [3.8, 4) is 0 Å². The Hall–Kier alpha value is -2.14. The number of fused-ring (bicyclic) bond motifs is 2. The Balaban J connectivity index is 1.31. The summed E-state index contributed by atoms with van der Waals surface area (Å²) in [4.78, 5) is 21.2. The summed E-state index contributed by atoms with van der Waals surface area (Å²) in [5, 5.41) is 4.97. The number of aromatic amines is 1. The van der Waals surface area contributed by atoms with Crippen LogP contribution < -0.4 is 5.32 Å². The van der Waals surface area contributed by atoms with Gasteiger partial charge in [-0.2, -0.15) is 0 Å². The monoisotopic (exact) mass is 325 g/mol. The lowest BCUT2D eigenvalue weighted by Gasteiger charge is -2.02. The zero-order valence-corrected chi connectivity index (χ0v) is 13.7. The third-order valence-corrected chi connectivity index (χ3v) is 5.44. The second-order valence-electron chi connectivity index (χ2n) is 6.00. The number of hydrogen-bond acceptors (Lipinski definition) is 3. The molecule has 0 unspecified atom stereocenters. The van der Waals surface area contributed by atoms with Gasteiger partial charge in [0.1, 0.15) is 0 Å². The molecular formula is C18H19N3OS. The SMILES string of the molecule is O=C(CCCc1c[nH]c2ccccc12)Nc1nc2c(s1)CCC2. The number of carbonyl (C=O) groups is 1. The Kier molecular flexibility index (Phi) is 3.87. The van der Waals surface area contributed by atoms with Crippen molar-refractivity contribution in [1.29, 1.82) is 0 Å². The molecule has 0 aliphatic heterocycles. The molecule has 0 saturated carbocycles. The van der Waals surface area contributed by atoms with Crippen LogP contribution in [0.4, 0.5) is 5.13 Å².